The van der Waals surface area contributed by atoms with Gasteiger partial charge in [0, 0.05) is 49.3 Å². The molecule has 5 heteroatoms. The molecule has 2 aromatic rings. The van der Waals surface area contributed by atoms with Gasteiger partial charge in [-0.2, -0.15) is 5.10 Å². The van der Waals surface area contributed by atoms with Gasteiger partial charge >= 0.3 is 0 Å². The number of hydrogen-bond donors (Lipinski definition) is 0. The fourth-order valence-electron chi connectivity index (χ4n) is 3.03. The lowest BCUT2D eigenvalue weighted by Gasteiger charge is -2.32. The molecule has 0 aliphatic carbocycles. The van der Waals surface area contributed by atoms with Gasteiger partial charge in [-0.1, -0.05) is 18.2 Å². The molecule has 1 saturated heterocycles. The second-order valence-electron chi connectivity index (χ2n) is 6.00. The number of amides is 1. The van der Waals surface area contributed by atoms with Crippen LogP contribution in [0, 0.1) is 0 Å². The zero-order chi connectivity index (χ0) is 16.1. The lowest BCUT2D eigenvalue weighted by molar-refractivity contribution is -0.131. The van der Waals surface area contributed by atoms with Crippen molar-refractivity contribution in [2.45, 2.75) is 30.1 Å². The first-order chi connectivity index (χ1) is 11.2. The van der Waals surface area contributed by atoms with Crippen LogP contribution in [-0.4, -0.2) is 39.4 Å². The van der Waals surface area contributed by atoms with E-state index in [0.29, 0.717) is 12.3 Å². The van der Waals surface area contributed by atoms with Gasteiger partial charge < -0.3 is 4.90 Å². The summed E-state index contributed by atoms with van der Waals surface area (Å²) in [5, 5.41) is 4.50. The minimum absolute atomic E-state index is 0.272. The number of aromatic nitrogens is 2. The standard InChI is InChI=1S/C18H23N3OS/c1-20-12-9-17(19-20)15-6-5-11-21(14-15)18(22)10-13-23-16-7-3-2-4-8-16/h2-4,7-9,12,15H,5-6,10-11,13-14H2,1H3. The molecule has 0 N–H and O–H groups in total. The van der Waals surface area contributed by atoms with Gasteiger partial charge in [-0.3, -0.25) is 9.48 Å². The second-order valence-corrected chi connectivity index (χ2v) is 7.17. The smallest absolute Gasteiger partial charge is 0.223 e. The summed E-state index contributed by atoms with van der Waals surface area (Å²) in [6, 6.07) is 12.3. The summed E-state index contributed by atoms with van der Waals surface area (Å²) in [5.74, 6) is 1.50. The number of likely N-dealkylation sites (tertiary alicyclic amines) is 1. The molecule has 1 atom stereocenters. The van der Waals surface area contributed by atoms with Crippen molar-refractivity contribution in [1.82, 2.24) is 14.7 Å². The van der Waals surface area contributed by atoms with Crippen LogP contribution in [0.5, 0.6) is 0 Å². The molecular weight excluding hydrogens is 306 g/mol. The Balaban J connectivity index is 1.49. The van der Waals surface area contributed by atoms with Crippen molar-refractivity contribution in [3.05, 3.63) is 48.3 Å². The third kappa shape index (κ3) is 4.38. The van der Waals surface area contributed by atoms with Crippen molar-refractivity contribution in [1.29, 1.82) is 0 Å². The second kappa shape index (κ2) is 7.68. The van der Waals surface area contributed by atoms with Crippen LogP contribution in [0.4, 0.5) is 0 Å². The topological polar surface area (TPSA) is 38.1 Å². The number of benzene rings is 1. The molecule has 23 heavy (non-hydrogen) atoms. The fraction of sp³-hybridized carbons (Fsp3) is 0.444. The monoisotopic (exact) mass is 329 g/mol. The highest BCUT2D eigenvalue weighted by Gasteiger charge is 2.25. The number of thioether (sulfide) groups is 1. The number of rotatable bonds is 5. The first-order valence-electron chi connectivity index (χ1n) is 8.17. The van der Waals surface area contributed by atoms with Gasteiger partial charge in [0.05, 0.1) is 5.69 Å². The zero-order valence-electron chi connectivity index (χ0n) is 13.5. The third-order valence-electron chi connectivity index (χ3n) is 4.25. The van der Waals surface area contributed by atoms with Crippen LogP contribution in [-0.2, 0) is 11.8 Å². The van der Waals surface area contributed by atoms with E-state index in [2.05, 4.69) is 23.3 Å². The van der Waals surface area contributed by atoms with E-state index < -0.39 is 0 Å². The molecular formula is C18H23N3OS. The van der Waals surface area contributed by atoms with Crippen LogP contribution in [0.1, 0.15) is 30.9 Å². The predicted molar refractivity (Wildman–Crippen MR) is 93.5 cm³/mol. The molecule has 0 bridgehead atoms. The number of hydrogen-bond acceptors (Lipinski definition) is 3. The molecule has 1 aliphatic heterocycles. The summed E-state index contributed by atoms with van der Waals surface area (Å²) >= 11 is 1.75. The SMILES string of the molecule is Cn1ccc(C2CCCN(C(=O)CCSc3ccccc3)C2)n1. The van der Waals surface area contributed by atoms with E-state index in [-0.39, 0.29) is 5.91 Å². The quantitative estimate of drug-likeness (QED) is 0.790. The first kappa shape index (κ1) is 16.1. The van der Waals surface area contributed by atoms with Gasteiger partial charge in [0.25, 0.3) is 0 Å². The average molecular weight is 329 g/mol. The Morgan fingerprint density at radius 1 is 1.30 bits per heavy atom. The van der Waals surface area contributed by atoms with Crippen molar-refractivity contribution < 1.29 is 4.79 Å². The summed E-state index contributed by atoms with van der Waals surface area (Å²) < 4.78 is 1.84. The molecule has 122 valence electrons. The van der Waals surface area contributed by atoms with Gasteiger partial charge in [-0.15, -0.1) is 11.8 Å². The van der Waals surface area contributed by atoms with Crippen LogP contribution < -0.4 is 0 Å². The van der Waals surface area contributed by atoms with E-state index >= 15 is 0 Å². The minimum Gasteiger partial charge on any atom is -0.342 e. The van der Waals surface area contributed by atoms with Crippen LogP contribution >= 0.6 is 11.8 Å². The molecule has 3 rings (SSSR count). The molecule has 1 unspecified atom stereocenters. The number of aryl methyl sites for hydroxylation is 1. The number of carbonyl (C=O) groups is 1. The molecule has 1 amide bonds. The normalized spacial score (nSPS) is 18.1. The first-order valence-corrected chi connectivity index (χ1v) is 9.16. The summed E-state index contributed by atoms with van der Waals surface area (Å²) in [5.41, 5.74) is 1.11. The molecule has 1 aromatic carbocycles. The summed E-state index contributed by atoms with van der Waals surface area (Å²) in [7, 11) is 1.94. The number of carbonyl (C=O) groups excluding carboxylic acids is 1. The maximum Gasteiger partial charge on any atom is 0.223 e. The Labute approximate surface area is 141 Å². The Hall–Kier alpha value is -1.75. The van der Waals surface area contributed by atoms with E-state index in [1.54, 1.807) is 11.8 Å². The highest BCUT2D eigenvalue weighted by molar-refractivity contribution is 7.99. The molecule has 1 fully saturated rings. The van der Waals surface area contributed by atoms with Crippen LogP contribution in [0.25, 0.3) is 0 Å². The Kier molecular flexibility index (Phi) is 5.39. The van der Waals surface area contributed by atoms with Crippen LogP contribution in [0.15, 0.2) is 47.5 Å². The highest BCUT2D eigenvalue weighted by Crippen LogP contribution is 2.26. The average Bonchev–Trinajstić information content (AvgIpc) is 3.02. The fourth-order valence-corrected chi connectivity index (χ4v) is 3.89. The summed E-state index contributed by atoms with van der Waals surface area (Å²) in [4.78, 5) is 15.7. The van der Waals surface area contributed by atoms with E-state index in [1.165, 1.54) is 4.90 Å². The number of piperidine rings is 1. The van der Waals surface area contributed by atoms with E-state index in [0.717, 1.165) is 37.4 Å². The molecule has 2 heterocycles. The van der Waals surface area contributed by atoms with Gasteiger partial charge in [-0.05, 0) is 31.0 Å². The van der Waals surface area contributed by atoms with Crippen LogP contribution in [0.2, 0.25) is 0 Å². The predicted octanol–water partition coefficient (Wildman–Crippen LogP) is 3.31. The Morgan fingerprint density at radius 2 is 2.13 bits per heavy atom. The molecule has 0 saturated carbocycles. The summed E-state index contributed by atoms with van der Waals surface area (Å²) in [6.45, 7) is 1.70. The molecule has 0 spiro atoms. The van der Waals surface area contributed by atoms with E-state index in [1.807, 2.05) is 41.0 Å². The molecule has 4 nitrogen and oxygen atoms in total. The van der Waals surface area contributed by atoms with Gasteiger partial charge in [-0.25, -0.2) is 0 Å². The van der Waals surface area contributed by atoms with Gasteiger partial charge in [0.15, 0.2) is 0 Å². The molecule has 1 aromatic heterocycles. The summed E-state index contributed by atoms with van der Waals surface area (Å²) in [6.07, 6.45) is 4.78. The maximum absolute atomic E-state index is 12.5. The zero-order valence-corrected chi connectivity index (χ0v) is 14.3. The maximum atomic E-state index is 12.5. The minimum atomic E-state index is 0.272. The van der Waals surface area contributed by atoms with Gasteiger partial charge in [0.1, 0.15) is 0 Å². The lowest BCUT2D eigenvalue weighted by Crippen LogP contribution is -2.39. The van der Waals surface area contributed by atoms with Crippen molar-refractivity contribution in [2.24, 2.45) is 7.05 Å². The third-order valence-corrected chi connectivity index (χ3v) is 5.27. The Morgan fingerprint density at radius 3 is 2.87 bits per heavy atom. The van der Waals surface area contributed by atoms with Crippen molar-refractivity contribution >= 4 is 17.7 Å². The highest BCUT2D eigenvalue weighted by atomic mass is 32.2. The lowest BCUT2D eigenvalue weighted by atomic mass is 9.95. The van der Waals surface area contributed by atoms with Crippen molar-refractivity contribution in [3.8, 4) is 0 Å². The van der Waals surface area contributed by atoms with Crippen LogP contribution in [0.3, 0.4) is 0 Å². The number of nitrogens with zero attached hydrogens (tertiary/aromatic N) is 3. The van der Waals surface area contributed by atoms with E-state index in [4.69, 9.17) is 0 Å². The van der Waals surface area contributed by atoms with Crippen molar-refractivity contribution in [3.63, 3.8) is 0 Å². The largest absolute Gasteiger partial charge is 0.342 e. The molecule has 1 aliphatic rings. The van der Waals surface area contributed by atoms with Crippen molar-refractivity contribution in [2.75, 3.05) is 18.8 Å². The Bertz CT molecular complexity index is 641. The van der Waals surface area contributed by atoms with Gasteiger partial charge in [0.2, 0.25) is 5.91 Å². The molecule has 0 radical (unpaired) electrons. The van der Waals surface area contributed by atoms with E-state index in [9.17, 15) is 4.79 Å².